The van der Waals surface area contributed by atoms with Gasteiger partial charge in [0.15, 0.2) is 0 Å². The molecule has 1 heterocycles. The van der Waals surface area contributed by atoms with Gasteiger partial charge in [-0.15, -0.1) is 0 Å². The number of hydrogen-bond donors (Lipinski definition) is 1. The van der Waals surface area contributed by atoms with Crippen LogP contribution in [0, 0.1) is 20.8 Å². The lowest BCUT2D eigenvalue weighted by molar-refractivity contribution is 0.0671. The Morgan fingerprint density at radius 2 is 1.54 bits per heavy atom. The Bertz CT molecular complexity index is 863. The number of carbonyl (C=O) groups is 2. The fraction of sp³-hybridized carbons (Fsp3) is 0.364. The van der Waals surface area contributed by atoms with Crippen molar-refractivity contribution in [1.29, 1.82) is 0 Å². The number of aryl methyl sites for hydroxylation is 3. The number of anilines is 1. The van der Waals surface area contributed by atoms with Gasteiger partial charge in [0.05, 0.1) is 7.11 Å². The average Bonchev–Trinajstić information content (AvgIpc) is 2.70. The minimum atomic E-state index is -0.122. The largest absolute Gasteiger partial charge is 0.497 e. The minimum Gasteiger partial charge on any atom is -0.497 e. The summed E-state index contributed by atoms with van der Waals surface area (Å²) in [4.78, 5) is 28.9. The molecule has 3 rings (SSSR count). The summed E-state index contributed by atoms with van der Waals surface area (Å²) in [5.74, 6) is 0.622. The van der Waals surface area contributed by atoms with Gasteiger partial charge in [-0.2, -0.15) is 0 Å². The number of nitrogens with one attached hydrogen (secondary N) is 1. The molecule has 1 saturated heterocycles. The molecular formula is C22H27N3O3. The van der Waals surface area contributed by atoms with Gasteiger partial charge in [0, 0.05) is 37.4 Å². The van der Waals surface area contributed by atoms with E-state index in [4.69, 9.17) is 4.74 Å². The van der Waals surface area contributed by atoms with E-state index in [1.54, 1.807) is 29.0 Å². The summed E-state index contributed by atoms with van der Waals surface area (Å²) in [6.45, 7) is 8.08. The summed E-state index contributed by atoms with van der Waals surface area (Å²) < 4.78 is 5.19. The van der Waals surface area contributed by atoms with Gasteiger partial charge in [-0.3, -0.25) is 4.79 Å². The predicted molar refractivity (Wildman–Crippen MR) is 110 cm³/mol. The maximum Gasteiger partial charge on any atom is 0.321 e. The third kappa shape index (κ3) is 4.27. The van der Waals surface area contributed by atoms with Crippen molar-refractivity contribution in [2.45, 2.75) is 20.8 Å². The van der Waals surface area contributed by atoms with E-state index in [1.165, 1.54) is 5.56 Å². The lowest BCUT2D eigenvalue weighted by Crippen LogP contribution is -2.51. The highest BCUT2D eigenvalue weighted by molar-refractivity contribution is 5.95. The van der Waals surface area contributed by atoms with Crippen LogP contribution in [0.3, 0.4) is 0 Å². The van der Waals surface area contributed by atoms with E-state index >= 15 is 0 Å². The van der Waals surface area contributed by atoms with Crippen LogP contribution < -0.4 is 10.1 Å². The van der Waals surface area contributed by atoms with Crippen LogP contribution in [-0.2, 0) is 0 Å². The standard InChI is InChI=1S/C22H27N3O3/c1-15-12-16(2)20(17(3)13-15)23-22(27)25-10-8-24(9-11-25)21(26)18-6-5-7-19(14-18)28-4/h5-7,12-14H,8-11H2,1-4H3,(H,23,27). The monoisotopic (exact) mass is 381 g/mol. The van der Waals surface area contributed by atoms with E-state index in [9.17, 15) is 9.59 Å². The first-order valence-electron chi connectivity index (χ1n) is 9.46. The van der Waals surface area contributed by atoms with Crippen molar-refractivity contribution in [2.24, 2.45) is 0 Å². The SMILES string of the molecule is COc1cccc(C(=O)N2CCN(C(=O)Nc3c(C)cc(C)cc3C)CC2)c1. The molecule has 0 aromatic heterocycles. The van der Waals surface area contributed by atoms with Gasteiger partial charge >= 0.3 is 6.03 Å². The molecule has 1 fully saturated rings. The smallest absolute Gasteiger partial charge is 0.321 e. The molecule has 1 aliphatic rings. The van der Waals surface area contributed by atoms with Crippen LogP contribution in [0.1, 0.15) is 27.0 Å². The molecule has 2 aromatic carbocycles. The van der Waals surface area contributed by atoms with Gasteiger partial charge in [-0.05, 0) is 50.1 Å². The van der Waals surface area contributed by atoms with Gasteiger partial charge in [-0.25, -0.2) is 4.79 Å². The molecule has 6 nitrogen and oxygen atoms in total. The van der Waals surface area contributed by atoms with Crippen molar-refractivity contribution in [3.63, 3.8) is 0 Å². The number of methoxy groups -OCH3 is 1. The Morgan fingerprint density at radius 3 is 2.14 bits per heavy atom. The molecular weight excluding hydrogens is 354 g/mol. The fourth-order valence-electron chi connectivity index (χ4n) is 3.61. The zero-order valence-electron chi connectivity index (χ0n) is 16.9. The van der Waals surface area contributed by atoms with Crippen LogP contribution >= 0.6 is 0 Å². The number of piperazine rings is 1. The van der Waals surface area contributed by atoms with Crippen LogP contribution in [0.15, 0.2) is 36.4 Å². The van der Waals surface area contributed by atoms with Gasteiger partial charge in [0.25, 0.3) is 5.91 Å². The average molecular weight is 381 g/mol. The van der Waals surface area contributed by atoms with E-state index in [2.05, 4.69) is 17.4 Å². The normalized spacial score (nSPS) is 14.0. The summed E-state index contributed by atoms with van der Waals surface area (Å²) in [6, 6.07) is 11.2. The molecule has 148 valence electrons. The lowest BCUT2D eigenvalue weighted by atomic mass is 10.1. The Hall–Kier alpha value is -3.02. The first-order valence-corrected chi connectivity index (χ1v) is 9.46. The van der Waals surface area contributed by atoms with Crippen LogP contribution in [0.25, 0.3) is 0 Å². The number of rotatable bonds is 3. The summed E-state index contributed by atoms with van der Waals surface area (Å²) in [6.07, 6.45) is 0. The van der Waals surface area contributed by atoms with Crippen LogP contribution in [0.4, 0.5) is 10.5 Å². The molecule has 6 heteroatoms. The van der Waals surface area contributed by atoms with Gasteiger partial charge in [0.1, 0.15) is 5.75 Å². The van der Waals surface area contributed by atoms with Crippen molar-refractivity contribution in [1.82, 2.24) is 9.80 Å². The Kier molecular flexibility index (Phi) is 5.87. The quantitative estimate of drug-likeness (QED) is 0.883. The Balaban J connectivity index is 1.60. The maximum atomic E-state index is 12.7. The molecule has 2 aromatic rings. The first-order chi connectivity index (χ1) is 13.4. The molecule has 0 bridgehead atoms. The molecule has 0 unspecified atom stereocenters. The minimum absolute atomic E-state index is 0.0378. The molecule has 0 spiro atoms. The molecule has 0 aliphatic carbocycles. The zero-order chi connectivity index (χ0) is 20.3. The predicted octanol–water partition coefficient (Wildman–Crippen LogP) is 3.61. The van der Waals surface area contributed by atoms with Crippen molar-refractivity contribution in [3.8, 4) is 5.75 Å². The first kappa shape index (κ1) is 19.7. The molecule has 0 saturated carbocycles. The van der Waals surface area contributed by atoms with Gasteiger partial charge < -0.3 is 19.9 Å². The zero-order valence-corrected chi connectivity index (χ0v) is 16.9. The lowest BCUT2D eigenvalue weighted by Gasteiger charge is -2.35. The summed E-state index contributed by atoms with van der Waals surface area (Å²) in [5, 5.41) is 3.03. The molecule has 3 amide bonds. The third-order valence-electron chi connectivity index (χ3n) is 5.08. The van der Waals surface area contributed by atoms with Crippen molar-refractivity contribution >= 4 is 17.6 Å². The van der Waals surface area contributed by atoms with Crippen molar-refractivity contribution in [2.75, 3.05) is 38.6 Å². The maximum absolute atomic E-state index is 12.7. The highest BCUT2D eigenvalue weighted by Gasteiger charge is 2.25. The van der Waals surface area contributed by atoms with Crippen molar-refractivity contribution < 1.29 is 14.3 Å². The van der Waals surface area contributed by atoms with E-state index in [-0.39, 0.29) is 11.9 Å². The summed E-state index contributed by atoms with van der Waals surface area (Å²) in [5.41, 5.74) is 4.75. The molecule has 0 radical (unpaired) electrons. The highest BCUT2D eigenvalue weighted by atomic mass is 16.5. The second kappa shape index (κ2) is 8.33. The van der Waals surface area contributed by atoms with Gasteiger partial charge in [0.2, 0.25) is 0 Å². The Labute approximate surface area is 166 Å². The number of carbonyl (C=O) groups excluding carboxylic acids is 2. The summed E-state index contributed by atoms with van der Waals surface area (Å²) in [7, 11) is 1.58. The van der Waals surface area contributed by atoms with E-state index in [0.717, 1.165) is 16.8 Å². The van der Waals surface area contributed by atoms with E-state index < -0.39 is 0 Å². The van der Waals surface area contributed by atoms with E-state index in [0.29, 0.717) is 37.5 Å². The molecule has 1 N–H and O–H groups in total. The number of amides is 3. The van der Waals surface area contributed by atoms with Crippen LogP contribution in [0.2, 0.25) is 0 Å². The third-order valence-corrected chi connectivity index (χ3v) is 5.08. The second-order valence-corrected chi connectivity index (χ2v) is 7.22. The number of benzene rings is 2. The number of ether oxygens (including phenoxy) is 1. The van der Waals surface area contributed by atoms with E-state index in [1.807, 2.05) is 32.9 Å². The molecule has 1 aliphatic heterocycles. The number of nitrogens with zero attached hydrogens (tertiary/aromatic N) is 2. The van der Waals surface area contributed by atoms with Crippen LogP contribution in [0.5, 0.6) is 5.75 Å². The highest BCUT2D eigenvalue weighted by Crippen LogP contribution is 2.22. The molecule has 28 heavy (non-hydrogen) atoms. The summed E-state index contributed by atoms with van der Waals surface area (Å²) >= 11 is 0. The van der Waals surface area contributed by atoms with Gasteiger partial charge in [-0.1, -0.05) is 23.8 Å². The Morgan fingerprint density at radius 1 is 0.929 bits per heavy atom. The number of urea groups is 1. The molecule has 0 atom stereocenters. The topological polar surface area (TPSA) is 61.9 Å². The number of hydrogen-bond acceptors (Lipinski definition) is 3. The van der Waals surface area contributed by atoms with Crippen molar-refractivity contribution in [3.05, 3.63) is 58.7 Å². The second-order valence-electron chi connectivity index (χ2n) is 7.22. The van der Waals surface area contributed by atoms with Crippen LogP contribution in [-0.4, -0.2) is 55.0 Å². The fourth-order valence-corrected chi connectivity index (χ4v) is 3.61.